The fourth-order valence-corrected chi connectivity index (χ4v) is 2.39. The zero-order valence-electron chi connectivity index (χ0n) is 10.6. The molecule has 2 rings (SSSR count). The molecule has 6 nitrogen and oxygen atoms in total. The van der Waals surface area contributed by atoms with Crippen molar-refractivity contribution in [3.05, 3.63) is 34.2 Å². The third kappa shape index (κ3) is 2.83. The van der Waals surface area contributed by atoms with Gasteiger partial charge in [-0.05, 0) is 25.3 Å². The molecule has 1 saturated carbocycles. The number of nitrogens with zero attached hydrogens (tertiary/aromatic N) is 1. The van der Waals surface area contributed by atoms with Crippen molar-refractivity contribution in [2.45, 2.75) is 25.3 Å². The number of carboxylic acids is 1. The van der Waals surface area contributed by atoms with Gasteiger partial charge in [-0.15, -0.1) is 0 Å². The van der Waals surface area contributed by atoms with Crippen molar-refractivity contribution in [1.29, 1.82) is 0 Å². The van der Waals surface area contributed by atoms with E-state index in [1.54, 1.807) is 6.07 Å². The van der Waals surface area contributed by atoms with Gasteiger partial charge in [0.2, 0.25) is 0 Å². The van der Waals surface area contributed by atoms with Gasteiger partial charge in [-0.1, -0.05) is 6.07 Å². The Morgan fingerprint density at radius 2 is 2.11 bits per heavy atom. The van der Waals surface area contributed by atoms with Crippen molar-refractivity contribution in [3.63, 3.8) is 0 Å². The Labute approximate surface area is 110 Å². The first-order valence-corrected chi connectivity index (χ1v) is 6.18. The molecule has 2 N–H and O–H groups in total. The lowest BCUT2D eigenvalue weighted by Gasteiger charge is -2.14. The summed E-state index contributed by atoms with van der Waals surface area (Å²) in [5.74, 6) is -1.54. The maximum absolute atomic E-state index is 12.0. The first kappa shape index (κ1) is 13.3. The number of hydrogen-bond donors (Lipinski definition) is 2. The normalized spacial score (nSPS) is 22.2. The second-order valence-corrected chi connectivity index (χ2v) is 4.83. The molecule has 19 heavy (non-hydrogen) atoms. The second kappa shape index (κ2) is 5.26. The van der Waals surface area contributed by atoms with Crippen molar-refractivity contribution in [2.75, 3.05) is 0 Å². The first-order chi connectivity index (χ1) is 8.99. The molecule has 1 aliphatic carbocycles. The largest absolute Gasteiger partial charge is 0.481 e. The van der Waals surface area contributed by atoms with Crippen molar-refractivity contribution in [3.8, 4) is 0 Å². The summed E-state index contributed by atoms with van der Waals surface area (Å²) in [4.78, 5) is 34.3. The molecule has 2 atom stereocenters. The highest BCUT2D eigenvalue weighted by molar-refractivity contribution is 5.92. The number of aromatic nitrogens is 1. The number of carbonyl (C=O) groups excluding carboxylic acids is 1. The Morgan fingerprint density at radius 1 is 1.37 bits per heavy atom. The standard InChI is InChI=1S/C13H16N2O4/c1-15-10(3-2-4-11(15)16)12(17)14-9-6-5-8(7-9)13(18)19/h2-4,8-9H,5-7H2,1H3,(H,14,17)(H,18,19)/t8-,9+/m0/s1. The van der Waals surface area contributed by atoms with Crippen LogP contribution in [0.25, 0.3) is 0 Å². The van der Waals surface area contributed by atoms with E-state index < -0.39 is 5.97 Å². The Balaban J connectivity index is 2.04. The average molecular weight is 264 g/mol. The predicted molar refractivity (Wildman–Crippen MR) is 67.9 cm³/mol. The third-order valence-electron chi connectivity index (χ3n) is 3.53. The van der Waals surface area contributed by atoms with E-state index in [0.717, 1.165) is 0 Å². The molecule has 0 radical (unpaired) electrons. The molecule has 102 valence electrons. The zero-order chi connectivity index (χ0) is 14.0. The molecule has 0 aliphatic heterocycles. The first-order valence-electron chi connectivity index (χ1n) is 6.18. The van der Waals surface area contributed by atoms with E-state index in [1.807, 2.05) is 0 Å². The Kier molecular flexibility index (Phi) is 3.69. The summed E-state index contributed by atoms with van der Waals surface area (Å²) in [6.07, 6.45) is 1.68. The highest BCUT2D eigenvalue weighted by Crippen LogP contribution is 2.25. The zero-order valence-corrected chi connectivity index (χ0v) is 10.6. The SMILES string of the molecule is Cn1c(C(=O)N[C@@H]2CC[C@H](C(=O)O)C2)cccc1=O. The lowest BCUT2D eigenvalue weighted by atomic mass is 10.1. The molecule has 1 amide bonds. The van der Waals surface area contributed by atoms with Crippen LogP contribution in [-0.4, -0.2) is 27.6 Å². The molecule has 0 bridgehead atoms. The van der Waals surface area contributed by atoms with Gasteiger partial charge < -0.3 is 15.0 Å². The predicted octanol–water partition coefficient (Wildman–Crippen LogP) is 0.368. The van der Waals surface area contributed by atoms with Gasteiger partial charge in [0.1, 0.15) is 5.69 Å². The highest BCUT2D eigenvalue weighted by atomic mass is 16.4. The number of rotatable bonds is 3. The lowest BCUT2D eigenvalue weighted by molar-refractivity contribution is -0.141. The van der Waals surface area contributed by atoms with Crippen LogP contribution in [0.5, 0.6) is 0 Å². The van der Waals surface area contributed by atoms with Crippen LogP contribution in [0.2, 0.25) is 0 Å². The minimum absolute atomic E-state index is 0.135. The van der Waals surface area contributed by atoms with Crippen LogP contribution < -0.4 is 10.9 Å². The monoisotopic (exact) mass is 264 g/mol. The van der Waals surface area contributed by atoms with Crippen LogP contribution in [0.1, 0.15) is 29.8 Å². The molecule has 1 heterocycles. The fraction of sp³-hybridized carbons (Fsp3) is 0.462. The van der Waals surface area contributed by atoms with E-state index in [1.165, 1.54) is 23.7 Å². The summed E-state index contributed by atoms with van der Waals surface area (Å²) in [6, 6.07) is 4.35. The van der Waals surface area contributed by atoms with Gasteiger partial charge in [0.05, 0.1) is 5.92 Å². The Hall–Kier alpha value is -2.11. The van der Waals surface area contributed by atoms with Crippen LogP contribution >= 0.6 is 0 Å². The summed E-state index contributed by atoms with van der Waals surface area (Å²) < 4.78 is 1.28. The second-order valence-electron chi connectivity index (χ2n) is 4.83. The smallest absolute Gasteiger partial charge is 0.306 e. The molecule has 0 saturated heterocycles. The van der Waals surface area contributed by atoms with Crippen molar-refractivity contribution < 1.29 is 14.7 Å². The molecule has 0 spiro atoms. The van der Waals surface area contributed by atoms with Gasteiger partial charge in [-0.3, -0.25) is 14.4 Å². The molecule has 0 aromatic carbocycles. The fourth-order valence-electron chi connectivity index (χ4n) is 2.39. The summed E-state index contributed by atoms with van der Waals surface area (Å²) in [5, 5.41) is 11.7. The Morgan fingerprint density at radius 3 is 2.74 bits per heavy atom. The number of nitrogens with one attached hydrogen (secondary N) is 1. The number of carbonyl (C=O) groups is 2. The number of hydrogen-bond acceptors (Lipinski definition) is 3. The van der Waals surface area contributed by atoms with Gasteiger partial charge in [-0.2, -0.15) is 0 Å². The number of carboxylic acid groups (broad SMARTS) is 1. The number of pyridine rings is 1. The topological polar surface area (TPSA) is 88.4 Å². The van der Waals surface area contributed by atoms with E-state index in [2.05, 4.69) is 5.32 Å². The van der Waals surface area contributed by atoms with E-state index in [4.69, 9.17) is 5.11 Å². The van der Waals surface area contributed by atoms with E-state index >= 15 is 0 Å². The minimum Gasteiger partial charge on any atom is -0.481 e. The molecule has 1 aromatic rings. The minimum atomic E-state index is -0.816. The maximum Gasteiger partial charge on any atom is 0.306 e. The van der Waals surface area contributed by atoms with E-state index in [9.17, 15) is 14.4 Å². The number of aliphatic carboxylic acids is 1. The molecular weight excluding hydrogens is 248 g/mol. The molecule has 1 fully saturated rings. The Bertz CT molecular complexity index is 564. The molecule has 1 aromatic heterocycles. The molecular formula is C13H16N2O4. The average Bonchev–Trinajstić information content (AvgIpc) is 2.81. The van der Waals surface area contributed by atoms with Crippen LogP contribution in [0.4, 0.5) is 0 Å². The summed E-state index contributed by atoms with van der Waals surface area (Å²) in [7, 11) is 1.53. The molecule has 6 heteroatoms. The van der Waals surface area contributed by atoms with Crippen molar-refractivity contribution in [1.82, 2.24) is 9.88 Å². The maximum atomic E-state index is 12.0. The van der Waals surface area contributed by atoms with Crippen LogP contribution in [0, 0.1) is 5.92 Å². The van der Waals surface area contributed by atoms with Gasteiger partial charge in [0.15, 0.2) is 0 Å². The quantitative estimate of drug-likeness (QED) is 0.825. The van der Waals surface area contributed by atoms with Gasteiger partial charge >= 0.3 is 5.97 Å². The van der Waals surface area contributed by atoms with Crippen LogP contribution in [-0.2, 0) is 11.8 Å². The number of amides is 1. The van der Waals surface area contributed by atoms with Crippen molar-refractivity contribution in [2.24, 2.45) is 13.0 Å². The summed E-state index contributed by atoms with van der Waals surface area (Å²) >= 11 is 0. The third-order valence-corrected chi connectivity index (χ3v) is 3.53. The van der Waals surface area contributed by atoms with Gasteiger partial charge in [-0.25, -0.2) is 0 Å². The van der Waals surface area contributed by atoms with Crippen LogP contribution in [0.15, 0.2) is 23.0 Å². The molecule has 0 unspecified atom stereocenters. The van der Waals surface area contributed by atoms with Gasteiger partial charge in [0.25, 0.3) is 11.5 Å². The van der Waals surface area contributed by atoms with Crippen LogP contribution in [0.3, 0.4) is 0 Å². The van der Waals surface area contributed by atoms with Crippen molar-refractivity contribution >= 4 is 11.9 Å². The summed E-state index contributed by atoms with van der Waals surface area (Å²) in [6.45, 7) is 0. The van der Waals surface area contributed by atoms with Gasteiger partial charge in [0, 0.05) is 19.2 Å². The van der Waals surface area contributed by atoms with E-state index in [0.29, 0.717) is 19.3 Å². The summed E-state index contributed by atoms with van der Waals surface area (Å²) in [5.41, 5.74) is 0.0359. The van der Waals surface area contributed by atoms with E-state index in [-0.39, 0.29) is 29.1 Å². The lowest BCUT2D eigenvalue weighted by Crippen LogP contribution is -2.36. The molecule has 1 aliphatic rings. The highest BCUT2D eigenvalue weighted by Gasteiger charge is 2.30.